The lowest BCUT2D eigenvalue weighted by Gasteiger charge is -2.44. The van der Waals surface area contributed by atoms with Gasteiger partial charge in [0.05, 0.1) is 17.6 Å². The van der Waals surface area contributed by atoms with Gasteiger partial charge in [0, 0.05) is 48.0 Å². The SMILES string of the molecule is Nc1cnc2[nH]ccc2c1N1CCC[C@@H](N2CCCC(Nc3cc(F)cc(Cl)c3)C2=O)C1. The van der Waals surface area contributed by atoms with Gasteiger partial charge < -0.3 is 25.8 Å². The van der Waals surface area contributed by atoms with Crippen molar-refractivity contribution in [3.05, 3.63) is 47.5 Å². The molecule has 7 nitrogen and oxygen atoms in total. The first-order valence-corrected chi connectivity index (χ1v) is 11.4. The van der Waals surface area contributed by atoms with Gasteiger partial charge in [0.1, 0.15) is 17.5 Å². The van der Waals surface area contributed by atoms with E-state index in [1.165, 1.54) is 12.1 Å². The van der Waals surface area contributed by atoms with Gasteiger partial charge in [-0.1, -0.05) is 11.6 Å². The number of anilines is 3. The number of carbonyl (C=O) groups is 1. The molecule has 1 unspecified atom stereocenters. The Morgan fingerprint density at radius 1 is 1.22 bits per heavy atom. The number of fused-ring (bicyclic) bond motifs is 1. The number of pyridine rings is 1. The normalized spacial score (nSPS) is 21.9. The quantitative estimate of drug-likeness (QED) is 0.552. The van der Waals surface area contributed by atoms with Gasteiger partial charge in [-0.15, -0.1) is 0 Å². The molecular formula is C23H26ClFN6O. The first kappa shape index (κ1) is 20.9. The summed E-state index contributed by atoms with van der Waals surface area (Å²) in [4.78, 5) is 25.1. The molecule has 32 heavy (non-hydrogen) atoms. The van der Waals surface area contributed by atoms with E-state index in [4.69, 9.17) is 17.3 Å². The number of nitrogen functional groups attached to an aromatic ring is 1. The Morgan fingerprint density at radius 3 is 2.91 bits per heavy atom. The Morgan fingerprint density at radius 2 is 2.06 bits per heavy atom. The number of benzene rings is 1. The number of nitrogens with one attached hydrogen (secondary N) is 2. The highest BCUT2D eigenvalue weighted by atomic mass is 35.5. The molecule has 0 spiro atoms. The van der Waals surface area contributed by atoms with Crippen LogP contribution in [0.3, 0.4) is 0 Å². The van der Waals surface area contributed by atoms with Crippen LogP contribution in [-0.4, -0.2) is 52.5 Å². The first-order chi connectivity index (χ1) is 15.5. The van der Waals surface area contributed by atoms with Gasteiger partial charge in [0.25, 0.3) is 0 Å². The molecule has 1 aromatic carbocycles. The Hall–Kier alpha value is -3.00. The van der Waals surface area contributed by atoms with Crippen LogP contribution >= 0.6 is 11.6 Å². The number of piperidine rings is 2. The predicted molar refractivity (Wildman–Crippen MR) is 126 cm³/mol. The molecule has 5 rings (SSSR count). The number of hydrogen-bond donors (Lipinski definition) is 3. The van der Waals surface area contributed by atoms with E-state index in [1.54, 1.807) is 12.3 Å². The molecule has 0 saturated carbocycles. The number of H-pyrrole nitrogens is 1. The van der Waals surface area contributed by atoms with Gasteiger partial charge in [-0.3, -0.25) is 4.79 Å². The highest BCUT2D eigenvalue weighted by Crippen LogP contribution is 2.34. The Bertz CT molecular complexity index is 1130. The van der Waals surface area contributed by atoms with Crippen molar-refractivity contribution in [3.8, 4) is 0 Å². The highest BCUT2D eigenvalue weighted by molar-refractivity contribution is 6.30. The number of rotatable bonds is 4. The second-order valence-corrected chi connectivity index (χ2v) is 9.01. The summed E-state index contributed by atoms with van der Waals surface area (Å²) in [5, 5.41) is 4.50. The largest absolute Gasteiger partial charge is 0.396 e. The van der Waals surface area contributed by atoms with Crippen LogP contribution in [0, 0.1) is 5.82 Å². The number of amides is 1. The second-order valence-electron chi connectivity index (χ2n) is 8.57. The maximum Gasteiger partial charge on any atom is 0.245 e. The number of aromatic nitrogens is 2. The topological polar surface area (TPSA) is 90.3 Å². The first-order valence-electron chi connectivity index (χ1n) is 11.0. The van der Waals surface area contributed by atoms with E-state index in [0.717, 1.165) is 55.6 Å². The number of hydrogen-bond acceptors (Lipinski definition) is 5. The van der Waals surface area contributed by atoms with Crippen molar-refractivity contribution in [2.24, 2.45) is 0 Å². The molecule has 2 saturated heterocycles. The lowest BCUT2D eigenvalue weighted by atomic mass is 9.97. The minimum Gasteiger partial charge on any atom is -0.396 e. The molecule has 0 radical (unpaired) electrons. The molecule has 4 N–H and O–H groups in total. The minimum absolute atomic E-state index is 0.0537. The number of aromatic amines is 1. The van der Waals surface area contributed by atoms with E-state index in [2.05, 4.69) is 20.2 Å². The number of nitrogens with two attached hydrogens (primary N) is 1. The molecule has 0 bridgehead atoms. The third-order valence-corrected chi connectivity index (χ3v) is 6.63. The molecule has 2 atom stereocenters. The molecule has 2 fully saturated rings. The highest BCUT2D eigenvalue weighted by Gasteiger charge is 2.36. The average molecular weight is 457 g/mol. The third kappa shape index (κ3) is 3.95. The monoisotopic (exact) mass is 456 g/mol. The van der Waals surface area contributed by atoms with Gasteiger partial charge in [0.2, 0.25) is 5.91 Å². The summed E-state index contributed by atoms with van der Waals surface area (Å²) in [6.07, 6.45) is 7.07. The second kappa shape index (κ2) is 8.50. The molecule has 4 heterocycles. The van der Waals surface area contributed by atoms with Crippen molar-refractivity contribution < 1.29 is 9.18 Å². The van der Waals surface area contributed by atoms with Gasteiger partial charge in [-0.2, -0.15) is 0 Å². The van der Waals surface area contributed by atoms with Crippen LogP contribution in [0.25, 0.3) is 11.0 Å². The fourth-order valence-corrected chi connectivity index (χ4v) is 5.23. The van der Waals surface area contributed by atoms with E-state index < -0.39 is 5.82 Å². The van der Waals surface area contributed by atoms with Crippen molar-refractivity contribution >= 4 is 45.6 Å². The van der Waals surface area contributed by atoms with E-state index in [1.807, 2.05) is 17.2 Å². The van der Waals surface area contributed by atoms with Crippen molar-refractivity contribution in [3.63, 3.8) is 0 Å². The lowest BCUT2D eigenvalue weighted by molar-refractivity contribution is -0.137. The van der Waals surface area contributed by atoms with E-state index >= 15 is 0 Å². The molecule has 3 aromatic rings. The summed E-state index contributed by atoms with van der Waals surface area (Å²) in [7, 11) is 0. The summed E-state index contributed by atoms with van der Waals surface area (Å²) in [5.74, 6) is -0.368. The molecule has 2 aliphatic rings. The number of likely N-dealkylation sites (tertiary alicyclic amines) is 1. The van der Waals surface area contributed by atoms with Gasteiger partial charge >= 0.3 is 0 Å². The zero-order valence-corrected chi connectivity index (χ0v) is 18.4. The fourth-order valence-electron chi connectivity index (χ4n) is 5.01. The maximum absolute atomic E-state index is 13.7. The van der Waals surface area contributed by atoms with Gasteiger partial charge in [0.15, 0.2) is 0 Å². The Balaban J connectivity index is 1.34. The molecule has 9 heteroatoms. The zero-order chi connectivity index (χ0) is 22.2. The molecule has 1 amide bonds. The summed E-state index contributed by atoms with van der Waals surface area (Å²) in [6, 6.07) is 5.97. The van der Waals surface area contributed by atoms with Crippen LogP contribution in [0.15, 0.2) is 36.7 Å². The third-order valence-electron chi connectivity index (χ3n) is 6.42. The average Bonchev–Trinajstić information content (AvgIpc) is 3.23. The minimum atomic E-state index is -0.422. The van der Waals surface area contributed by atoms with Crippen LogP contribution < -0.4 is 16.0 Å². The molecule has 2 aromatic heterocycles. The van der Waals surface area contributed by atoms with Crippen molar-refractivity contribution in [2.45, 2.75) is 37.8 Å². The molecular weight excluding hydrogens is 431 g/mol. The number of carbonyl (C=O) groups excluding carboxylic acids is 1. The maximum atomic E-state index is 13.7. The standard InChI is InChI=1S/C23H26ClFN6O/c24-14-9-15(25)11-16(10-14)29-20-4-2-8-31(23(20)32)17-3-1-7-30(13-17)21-18-5-6-27-22(18)28-12-19(21)26/h5-6,9-12,17,20,29H,1-4,7-8,13,26H2,(H,27,28)/t17-,20?/m1/s1. The summed E-state index contributed by atoms with van der Waals surface area (Å²) in [5.41, 5.74) is 9.27. The van der Waals surface area contributed by atoms with E-state index in [-0.39, 0.29) is 18.0 Å². The van der Waals surface area contributed by atoms with Crippen LogP contribution in [0.4, 0.5) is 21.5 Å². The summed E-state index contributed by atoms with van der Waals surface area (Å²) < 4.78 is 13.7. The van der Waals surface area contributed by atoms with E-state index in [0.29, 0.717) is 22.8 Å². The number of halogens is 2. The van der Waals surface area contributed by atoms with Crippen LogP contribution in [0.2, 0.25) is 5.02 Å². The van der Waals surface area contributed by atoms with Crippen LogP contribution in [0.1, 0.15) is 25.7 Å². The van der Waals surface area contributed by atoms with Crippen LogP contribution in [0.5, 0.6) is 0 Å². The zero-order valence-electron chi connectivity index (χ0n) is 17.7. The number of nitrogens with zero attached hydrogens (tertiary/aromatic N) is 3. The lowest BCUT2D eigenvalue weighted by Crippen LogP contribution is -2.56. The molecule has 0 aliphatic carbocycles. The molecule has 2 aliphatic heterocycles. The summed E-state index contributed by atoms with van der Waals surface area (Å²) in [6.45, 7) is 2.33. The van der Waals surface area contributed by atoms with Crippen LogP contribution in [-0.2, 0) is 4.79 Å². The Labute approximate surface area is 190 Å². The van der Waals surface area contributed by atoms with E-state index in [9.17, 15) is 9.18 Å². The Kier molecular flexibility index (Phi) is 5.55. The molecule has 168 valence electrons. The van der Waals surface area contributed by atoms with Crippen molar-refractivity contribution in [2.75, 3.05) is 35.6 Å². The van der Waals surface area contributed by atoms with Crippen molar-refractivity contribution in [1.29, 1.82) is 0 Å². The fraction of sp³-hybridized carbons (Fsp3) is 0.391. The van der Waals surface area contributed by atoms with Gasteiger partial charge in [-0.05, 0) is 49.9 Å². The van der Waals surface area contributed by atoms with Gasteiger partial charge in [-0.25, -0.2) is 9.37 Å². The predicted octanol–water partition coefficient (Wildman–Crippen LogP) is 4.01. The summed E-state index contributed by atoms with van der Waals surface area (Å²) >= 11 is 5.98. The smallest absolute Gasteiger partial charge is 0.245 e. The van der Waals surface area contributed by atoms with Crippen molar-refractivity contribution in [1.82, 2.24) is 14.9 Å².